The van der Waals surface area contributed by atoms with Crippen LogP contribution in [0.3, 0.4) is 0 Å². The number of carbonyl (C=O) groups excluding carboxylic acids is 1. The van der Waals surface area contributed by atoms with E-state index < -0.39 is 0 Å². The van der Waals surface area contributed by atoms with Crippen molar-refractivity contribution < 1.29 is 4.79 Å². The zero-order valence-electron chi connectivity index (χ0n) is 11.7. The van der Waals surface area contributed by atoms with Crippen molar-refractivity contribution in [3.63, 3.8) is 0 Å². The number of fused-ring (bicyclic) bond motifs is 2. The Balaban J connectivity index is 1.55. The van der Waals surface area contributed by atoms with Crippen LogP contribution in [0.5, 0.6) is 0 Å². The molecule has 20 heavy (non-hydrogen) atoms. The summed E-state index contributed by atoms with van der Waals surface area (Å²) in [5, 5.41) is 2.99. The maximum absolute atomic E-state index is 12.3. The highest BCUT2D eigenvalue weighted by Crippen LogP contribution is 2.47. The lowest BCUT2D eigenvalue weighted by molar-refractivity contribution is -0.127. The first-order valence-electron chi connectivity index (χ1n) is 7.50. The molecule has 0 radical (unpaired) electrons. The average molecular weight is 273 g/mol. The van der Waals surface area contributed by atoms with Gasteiger partial charge in [0.15, 0.2) is 0 Å². The van der Waals surface area contributed by atoms with Crippen LogP contribution in [0.2, 0.25) is 0 Å². The van der Waals surface area contributed by atoms with Gasteiger partial charge in [-0.1, -0.05) is 30.3 Å². The number of benzene rings is 1. The molecule has 2 aliphatic rings. The summed E-state index contributed by atoms with van der Waals surface area (Å²) in [4.78, 5) is 12.3. The molecule has 0 aliphatic heterocycles. The fourth-order valence-electron chi connectivity index (χ4n) is 3.87. The first-order chi connectivity index (χ1) is 9.66. The number of hydrogen-bond donors (Lipinski definition) is 3. The maximum atomic E-state index is 12.3. The molecule has 1 aromatic carbocycles. The predicted octanol–water partition coefficient (Wildman–Crippen LogP) is 1.18. The molecular formula is C16H23N3O. The Morgan fingerprint density at radius 3 is 2.60 bits per heavy atom. The third-order valence-corrected chi connectivity index (χ3v) is 5.01. The summed E-state index contributed by atoms with van der Waals surface area (Å²) in [6.07, 6.45) is 3.48. The first-order valence-corrected chi connectivity index (χ1v) is 7.50. The molecule has 3 rings (SSSR count). The minimum atomic E-state index is -0.157. The Bertz CT molecular complexity index is 474. The third-order valence-electron chi connectivity index (χ3n) is 5.01. The van der Waals surface area contributed by atoms with Crippen molar-refractivity contribution in [1.29, 1.82) is 0 Å². The molecule has 5 unspecified atom stereocenters. The third kappa shape index (κ3) is 2.45. The van der Waals surface area contributed by atoms with E-state index in [1.54, 1.807) is 0 Å². The molecule has 5 N–H and O–H groups in total. The first kappa shape index (κ1) is 13.6. The molecule has 108 valence electrons. The molecule has 1 amide bonds. The van der Waals surface area contributed by atoms with Gasteiger partial charge in [-0.2, -0.15) is 0 Å². The quantitative estimate of drug-likeness (QED) is 0.770. The summed E-state index contributed by atoms with van der Waals surface area (Å²) in [5.74, 6) is 1.13. The monoisotopic (exact) mass is 273 g/mol. The number of nitrogens with two attached hydrogens (primary N) is 2. The number of hydrogen-bond acceptors (Lipinski definition) is 3. The van der Waals surface area contributed by atoms with Crippen molar-refractivity contribution in [3.05, 3.63) is 35.9 Å². The Kier molecular flexibility index (Phi) is 3.76. The standard InChI is InChI=1S/C16H23N3O/c17-13(10-4-2-1-3-5-10)9-19-16(20)14-11-6-7-12(8-11)15(14)18/h1-5,11-15H,6-9,17-18H2,(H,19,20). The van der Waals surface area contributed by atoms with Gasteiger partial charge in [0, 0.05) is 18.6 Å². The van der Waals surface area contributed by atoms with E-state index in [0.29, 0.717) is 18.4 Å². The second-order valence-corrected chi connectivity index (χ2v) is 6.20. The van der Waals surface area contributed by atoms with Gasteiger partial charge in [-0.3, -0.25) is 4.79 Å². The van der Waals surface area contributed by atoms with Crippen LogP contribution in [-0.4, -0.2) is 18.5 Å². The lowest BCUT2D eigenvalue weighted by atomic mass is 9.84. The number of amides is 1. The average Bonchev–Trinajstić information content (AvgIpc) is 3.06. The van der Waals surface area contributed by atoms with Crippen LogP contribution in [0.1, 0.15) is 30.9 Å². The smallest absolute Gasteiger partial charge is 0.225 e. The van der Waals surface area contributed by atoms with Crippen LogP contribution in [0, 0.1) is 17.8 Å². The van der Waals surface area contributed by atoms with Crippen molar-refractivity contribution in [3.8, 4) is 0 Å². The maximum Gasteiger partial charge on any atom is 0.225 e. The van der Waals surface area contributed by atoms with Crippen LogP contribution >= 0.6 is 0 Å². The Morgan fingerprint density at radius 2 is 1.95 bits per heavy atom. The number of carbonyl (C=O) groups is 1. The minimum absolute atomic E-state index is 0.00303. The van der Waals surface area contributed by atoms with Crippen molar-refractivity contribution in [2.24, 2.45) is 29.2 Å². The number of nitrogens with one attached hydrogen (secondary N) is 1. The molecule has 4 heteroatoms. The van der Waals surface area contributed by atoms with Gasteiger partial charge in [0.2, 0.25) is 5.91 Å². The number of rotatable bonds is 4. The van der Waals surface area contributed by atoms with Crippen LogP contribution in [0.4, 0.5) is 0 Å². The van der Waals surface area contributed by atoms with E-state index in [1.165, 1.54) is 6.42 Å². The summed E-state index contributed by atoms with van der Waals surface area (Å²) >= 11 is 0. The van der Waals surface area contributed by atoms with Crippen molar-refractivity contribution >= 4 is 5.91 Å². The summed E-state index contributed by atoms with van der Waals surface area (Å²) in [6, 6.07) is 9.74. The van der Waals surface area contributed by atoms with Crippen molar-refractivity contribution in [2.45, 2.75) is 31.3 Å². The summed E-state index contributed by atoms with van der Waals surface area (Å²) in [7, 11) is 0. The van der Waals surface area contributed by atoms with Gasteiger partial charge in [0.05, 0.1) is 5.92 Å². The van der Waals surface area contributed by atoms with E-state index in [4.69, 9.17) is 11.5 Å². The molecule has 4 nitrogen and oxygen atoms in total. The molecule has 5 atom stereocenters. The van der Waals surface area contributed by atoms with Gasteiger partial charge in [0.25, 0.3) is 0 Å². The largest absolute Gasteiger partial charge is 0.354 e. The topological polar surface area (TPSA) is 81.1 Å². The molecule has 0 spiro atoms. The van der Waals surface area contributed by atoms with Gasteiger partial charge >= 0.3 is 0 Å². The predicted molar refractivity (Wildman–Crippen MR) is 78.7 cm³/mol. The summed E-state index contributed by atoms with van der Waals surface area (Å²) in [5.41, 5.74) is 13.3. The fourth-order valence-corrected chi connectivity index (χ4v) is 3.87. The lowest BCUT2D eigenvalue weighted by Crippen LogP contribution is -2.46. The summed E-state index contributed by atoms with van der Waals surface area (Å²) < 4.78 is 0. The molecule has 0 heterocycles. The van der Waals surface area contributed by atoms with E-state index in [-0.39, 0.29) is 23.9 Å². The Hall–Kier alpha value is -1.39. The highest BCUT2D eigenvalue weighted by atomic mass is 16.1. The second-order valence-electron chi connectivity index (χ2n) is 6.20. The Morgan fingerprint density at radius 1 is 1.25 bits per heavy atom. The van der Waals surface area contributed by atoms with Crippen molar-refractivity contribution in [2.75, 3.05) is 6.54 Å². The minimum Gasteiger partial charge on any atom is -0.354 e. The van der Waals surface area contributed by atoms with Gasteiger partial charge in [-0.25, -0.2) is 0 Å². The van der Waals surface area contributed by atoms with Gasteiger partial charge in [0.1, 0.15) is 0 Å². The van der Waals surface area contributed by atoms with Gasteiger partial charge in [-0.05, 0) is 36.7 Å². The van der Waals surface area contributed by atoms with Crippen LogP contribution in [0.25, 0.3) is 0 Å². The molecule has 0 aromatic heterocycles. The highest BCUT2D eigenvalue weighted by molar-refractivity contribution is 5.80. The molecule has 1 aromatic rings. The van der Waals surface area contributed by atoms with E-state index in [2.05, 4.69) is 5.32 Å². The van der Waals surface area contributed by atoms with E-state index >= 15 is 0 Å². The normalized spacial score (nSPS) is 33.1. The molecule has 2 saturated carbocycles. The molecule has 2 fully saturated rings. The van der Waals surface area contributed by atoms with E-state index in [1.807, 2.05) is 30.3 Å². The summed E-state index contributed by atoms with van der Waals surface area (Å²) in [6.45, 7) is 0.476. The van der Waals surface area contributed by atoms with Crippen molar-refractivity contribution in [1.82, 2.24) is 5.32 Å². The van der Waals surface area contributed by atoms with E-state index in [0.717, 1.165) is 18.4 Å². The molecular weight excluding hydrogens is 250 g/mol. The molecule has 2 aliphatic carbocycles. The van der Waals surface area contributed by atoms with E-state index in [9.17, 15) is 4.79 Å². The highest BCUT2D eigenvalue weighted by Gasteiger charge is 2.48. The Labute approximate surface area is 119 Å². The zero-order chi connectivity index (χ0) is 14.1. The fraction of sp³-hybridized carbons (Fsp3) is 0.562. The molecule has 0 saturated heterocycles. The van der Waals surface area contributed by atoms with Gasteiger partial charge < -0.3 is 16.8 Å². The lowest BCUT2D eigenvalue weighted by Gasteiger charge is -2.27. The van der Waals surface area contributed by atoms with Crippen LogP contribution < -0.4 is 16.8 Å². The zero-order valence-corrected chi connectivity index (χ0v) is 11.7. The SMILES string of the molecule is NC(CNC(=O)C1C2CCC(C2)C1N)c1ccccc1. The van der Waals surface area contributed by atoms with Crippen LogP contribution in [-0.2, 0) is 4.79 Å². The molecule has 2 bridgehead atoms. The second kappa shape index (κ2) is 5.54. The van der Waals surface area contributed by atoms with Gasteiger partial charge in [-0.15, -0.1) is 0 Å². The van der Waals surface area contributed by atoms with Crippen LogP contribution in [0.15, 0.2) is 30.3 Å².